The van der Waals surface area contributed by atoms with E-state index in [9.17, 15) is 0 Å². The van der Waals surface area contributed by atoms with E-state index in [4.69, 9.17) is 9.47 Å². The van der Waals surface area contributed by atoms with Crippen molar-refractivity contribution in [2.75, 3.05) is 6.61 Å². The van der Waals surface area contributed by atoms with E-state index < -0.39 is 5.79 Å². The second kappa shape index (κ2) is 2.51. The van der Waals surface area contributed by atoms with Crippen LogP contribution in [0.2, 0.25) is 0 Å². The minimum absolute atomic E-state index is 0.393. The van der Waals surface area contributed by atoms with Crippen LogP contribution in [0.3, 0.4) is 0 Å². The SMILES string of the molecule is Cc1ccc2c(c1)O[C@@]1(C)OCC[C@@H]21. The van der Waals surface area contributed by atoms with Gasteiger partial charge in [0.1, 0.15) is 5.75 Å². The Hall–Kier alpha value is -1.02. The molecule has 0 N–H and O–H groups in total. The molecule has 0 saturated carbocycles. The van der Waals surface area contributed by atoms with Crippen molar-refractivity contribution < 1.29 is 9.47 Å². The van der Waals surface area contributed by atoms with Crippen molar-refractivity contribution in [3.8, 4) is 5.75 Å². The van der Waals surface area contributed by atoms with Crippen LogP contribution in [-0.4, -0.2) is 12.4 Å². The maximum absolute atomic E-state index is 5.88. The molecule has 0 amide bonds. The maximum Gasteiger partial charge on any atom is 0.214 e. The Balaban J connectivity index is 2.11. The summed E-state index contributed by atoms with van der Waals surface area (Å²) in [6, 6.07) is 6.42. The molecule has 2 heterocycles. The molecule has 1 fully saturated rings. The lowest BCUT2D eigenvalue weighted by Gasteiger charge is -2.22. The van der Waals surface area contributed by atoms with Gasteiger partial charge in [-0.25, -0.2) is 0 Å². The lowest BCUT2D eigenvalue weighted by Crippen LogP contribution is -2.31. The molecular weight excluding hydrogens is 176 g/mol. The minimum atomic E-state index is -0.393. The highest BCUT2D eigenvalue weighted by Gasteiger charge is 2.49. The van der Waals surface area contributed by atoms with E-state index in [2.05, 4.69) is 25.1 Å². The van der Waals surface area contributed by atoms with Crippen LogP contribution in [0.15, 0.2) is 18.2 Å². The Morgan fingerprint density at radius 2 is 2.29 bits per heavy atom. The fraction of sp³-hybridized carbons (Fsp3) is 0.500. The number of ether oxygens (including phenoxy) is 2. The standard InChI is InChI=1S/C12H14O2/c1-8-3-4-9-10-5-6-13-12(10,2)14-11(9)7-8/h3-4,7,10H,5-6H2,1-2H3/t10-,12+/m0/s1. The Labute approximate surface area is 83.8 Å². The number of rotatable bonds is 0. The summed E-state index contributed by atoms with van der Waals surface area (Å²) in [7, 11) is 0. The predicted octanol–water partition coefficient (Wildman–Crippen LogP) is 2.61. The van der Waals surface area contributed by atoms with E-state index in [1.54, 1.807) is 0 Å². The van der Waals surface area contributed by atoms with Crippen molar-refractivity contribution in [3.63, 3.8) is 0 Å². The Kier molecular flexibility index (Phi) is 1.49. The first-order valence-electron chi connectivity index (χ1n) is 5.12. The fourth-order valence-electron chi connectivity index (χ4n) is 2.52. The van der Waals surface area contributed by atoms with Crippen molar-refractivity contribution in [2.24, 2.45) is 0 Å². The summed E-state index contributed by atoms with van der Waals surface area (Å²) < 4.78 is 11.5. The van der Waals surface area contributed by atoms with Gasteiger partial charge in [0, 0.05) is 12.5 Å². The molecular formula is C12H14O2. The van der Waals surface area contributed by atoms with E-state index in [0.29, 0.717) is 5.92 Å². The highest BCUT2D eigenvalue weighted by atomic mass is 16.7. The van der Waals surface area contributed by atoms with Gasteiger partial charge in [0.05, 0.1) is 12.5 Å². The van der Waals surface area contributed by atoms with E-state index in [1.165, 1.54) is 11.1 Å². The Morgan fingerprint density at radius 1 is 1.43 bits per heavy atom. The summed E-state index contributed by atoms with van der Waals surface area (Å²) in [6.45, 7) is 4.94. The van der Waals surface area contributed by atoms with Gasteiger partial charge in [0.25, 0.3) is 0 Å². The third kappa shape index (κ3) is 0.947. The van der Waals surface area contributed by atoms with Gasteiger partial charge in [-0.2, -0.15) is 0 Å². The smallest absolute Gasteiger partial charge is 0.214 e. The molecule has 0 spiro atoms. The quantitative estimate of drug-likeness (QED) is 0.626. The van der Waals surface area contributed by atoms with Gasteiger partial charge < -0.3 is 9.47 Å². The number of benzene rings is 1. The van der Waals surface area contributed by atoms with Crippen LogP contribution in [0.4, 0.5) is 0 Å². The van der Waals surface area contributed by atoms with Gasteiger partial charge in [-0.3, -0.25) is 0 Å². The number of aryl methyl sites for hydroxylation is 1. The number of hydrogen-bond acceptors (Lipinski definition) is 2. The molecule has 0 bridgehead atoms. The lowest BCUT2D eigenvalue weighted by atomic mass is 9.92. The molecule has 1 aromatic rings. The van der Waals surface area contributed by atoms with Crippen molar-refractivity contribution in [2.45, 2.75) is 32.0 Å². The van der Waals surface area contributed by atoms with Crippen LogP contribution in [-0.2, 0) is 4.74 Å². The first-order valence-corrected chi connectivity index (χ1v) is 5.12. The van der Waals surface area contributed by atoms with E-state index >= 15 is 0 Å². The van der Waals surface area contributed by atoms with Crippen LogP contribution in [0.25, 0.3) is 0 Å². The zero-order valence-corrected chi connectivity index (χ0v) is 8.54. The third-order valence-corrected chi connectivity index (χ3v) is 3.29. The van der Waals surface area contributed by atoms with E-state index in [-0.39, 0.29) is 0 Å². The first kappa shape index (κ1) is 8.30. The lowest BCUT2D eigenvalue weighted by molar-refractivity contribution is -0.130. The minimum Gasteiger partial charge on any atom is -0.462 e. The van der Waals surface area contributed by atoms with E-state index in [0.717, 1.165) is 18.8 Å². The maximum atomic E-state index is 5.88. The zero-order valence-electron chi connectivity index (χ0n) is 8.54. The van der Waals surface area contributed by atoms with Gasteiger partial charge in [-0.15, -0.1) is 0 Å². The van der Waals surface area contributed by atoms with Crippen molar-refractivity contribution in [1.82, 2.24) is 0 Å². The summed E-state index contributed by atoms with van der Waals surface area (Å²) >= 11 is 0. The molecule has 2 atom stereocenters. The average Bonchev–Trinajstić information content (AvgIpc) is 2.57. The topological polar surface area (TPSA) is 18.5 Å². The summed E-state index contributed by atoms with van der Waals surface area (Å²) in [5, 5.41) is 0. The Morgan fingerprint density at radius 3 is 3.14 bits per heavy atom. The van der Waals surface area contributed by atoms with Gasteiger partial charge in [0.2, 0.25) is 5.79 Å². The van der Waals surface area contributed by atoms with Gasteiger partial charge in [0.15, 0.2) is 0 Å². The molecule has 2 aliphatic heterocycles. The molecule has 0 unspecified atom stereocenters. The largest absolute Gasteiger partial charge is 0.462 e. The monoisotopic (exact) mass is 190 g/mol. The van der Waals surface area contributed by atoms with Crippen LogP contribution in [0.5, 0.6) is 5.75 Å². The summed E-state index contributed by atoms with van der Waals surface area (Å²) in [4.78, 5) is 0. The number of fused-ring (bicyclic) bond motifs is 3. The summed E-state index contributed by atoms with van der Waals surface area (Å²) in [6.07, 6.45) is 1.08. The van der Waals surface area contributed by atoms with Gasteiger partial charge in [-0.1, -0.05) is 12.1 Å². The second-order valence-electron chi connectivity index (χ2n) is 4.35. The van der Waals surface area contributed by atoms with Crippen LogP contribution in [0, 0.1) is 6.92 Å². The number of hydrogen-bond donors (Lipinski definition) is 0. The van der Waals surface area contributed by atoms with Crippen molar-refractivity contribution in [1.29, 1.82) is 0 Å². The second-order valence-corrected chi connectivity index (χ2v) is 4.35. The molecule has 74 valence electrons. The van der Waals surface area contributed by atoms with Gasteiger partial charge >= 0.3 is 0 Å². The highest BCUT2D eigenvalue weighted by molar-refractivity contribution is 5.45. The summed E-state index contributed by atoms with van der Waals surface area (Å²) in [5.74, 6) is 1.05. The predicted molar refractivity (Wildman–Crippen MR) is 53.5 cm³/mol. The first-order chi connectivity index (χ1) is 6.69. The highest BCUT2D eigenvalue weighted by Crippen LogP contribution is 2.50. The van der Waals surface area contributed by atoms with Gasteiger partial charge in [-0.05, 0) is 25.0 Å². The molecule has 3 rings (SSSR count). The fourth-order valence-corrected chi connectivity index (χ4v) is 2.52. The third-order valence-electron chi connectivity index (χ3n) is 3.29. The van der Waals surface area contributed by atoms with Crippen molar-refractivity contribution >= 4 is 0 Å². The Bertz CT molecular complexity index is 386. The molecule has 0 radical (unpaired) electrons. The van der Waals surface area contributed by atoms with Crippen molar-refractivity contribution in [3.05, 3.63) is 29.3 Å². The molecule has 2 heteroatoms. The summed E-state index contributed by atoms with van der Waals surface area (Å²) in [5.41, 5.74) is 2.56. The van der Waals surface area contributed by atoms with E-state index in [1.807, 2.05) is 6.92 Å². The normalized spacial score (nSPS) is 33.7. The molecule has 0 aromatic heterocycles. The van der Waals surface area contributed by atoms with Crippen LogP contribution >= 0.6 is 0 Å². The molecule has 1 saturated heterocycles. The molecule has 1 aromatic carbocycles. The zero-order chi connectivity index (χ0) is 9.76. The molecule has 2 nitrogen and oxygen atoms in total. The molecule has 0 aliphatic carbocycles. The molecule has 2 aliphatic rings. The average molecular weight is 190 g/mol. The van der Waals surface area contributed by atoms with Crippen LogP contribution in [0.1, 0.15) is 30.4 Å². The molecule has 14 heavy (non-hydrogen) atoms. The van der Waals surface area contributed by atoms with Crippen LogP contribution < -0.4 is 4.74 Å².